The fourth-order valence-electron chi connectivity index (χ4n) is 7.55. The van der Waals surface area contributed by atoms with Gasteiger partial charge >= 0.3 is 5.69 Å². The van der Waals surface area contributed by atoms with Gasteiger partial charge in [-0.25, -0.2) is 4.79 Å². The van der Waals surface area contributed by atoms with Gasteiger partial charge in [0.25, 0.3) is 0 Å². The highest BCUT2D eigenvalue weighted by Gasteiger charge is 2.34. The van der Waals surface area contributed by atoms with Crippen LogP contribution in [0.2, 0.25) is 5.02 Å². The number of hydrogen-bond donors (Lipinski definition) is 2. The van der Waals surface area contributed by atoms with Crippen LogP contribution in [0.5, 0.6) is 0 Å². The highest BCUT2D eigenvalue weighted by molar-refractivity contribution is 6.33. The zero-order valence-electron chi connectivity index (χ0n) is 26.5. The first-order valence-electron chi connectivity index (χ1n) is 16.4. The molecule has 2 amide bonds. The van der Waals surface area contributed by atoms with Crippen LogP contribution >= 0.6 is 11.6 Å². The maximum Gasteiger partial charge on any atom is 0.326 e. The molecule has 3 aliphatic heterocycles. The Morgan fingerprint density at radius 1 is 0.933 bits per heavy atom. The Kier molecular flexibility index (Phi) is 9.54. The molecule has 3 aliphatic rings. The first kappa shape index (κ1) is 31.6. The molecule has 11 heteroatoms. The Morgan fingerprint density at radius 2 is 1.60 bits per heavy atom. The normalized spacial score (nSPS) is 20.2. The van der Waals surface area contributed by atoms with Crippen molar-refractivity contribution in [2.24, 2.45) is 5.92 Å². The second kappa shape index (κ2) is 13.6. The molecule has 6 rings (SSSR count). The summed E-state index contributed by atoms with van der Waals surface area (Å²) in [6.45, 7) is 8.36. The standard InChI is InChI=1S/C34H46ClN7O3/c1-23-19-24(21-28(35)32(23)36)20-25(33(44)41-17-15-39(16-18-41)26-7-11-38(2)12-8-26)22-31(43)40-13-9-27(10-14-40)42-30-6-4-3-5-29(30)37-34(42)45/h3-6,19,21,25-27H,7-18,20,22,36H2,1-2H3,(H,37,45)/t25-/m0/s1. The van der Waals surface area contributed by atoms with Crippen LogP contribution in [0.4, 0.5) is 5.69 Å². The Morgan fingerprint density at radius 3 is 2.29 bits per heavy atom. The average molecular weight is 636 g/mol. The number of anilines is 1. The topological polar surface area (TPSA) is 111 Å². The molecule has 1 atom stereocenters. The van der Waals surface area contributed by atoms with E-state index in [9.17, 15) is 14.4 Å². The summed E-state index contributed by atoms with van der Waals surface area (Å²) in [7, 11) is 2.18. The number of nitrogens with one attached hydrogen (secondary N) is 1. The van der Waals surface area contributed by atoms with E-state index in [1.807, 2.05) is 57.7 Å². The minimum absolute atomic E-state index is 0.0127. The number of piperidine rings is 2. The Bertz CT molecular complexity index is 1550. The van der Waals surface area contributed by atoms with Crippen LogP contribution < -0.4 is 11.4 Å². The summed E-state index contributed by atoms with van der Waals surface area (Å²) < 4.78 is 1.84. The van der Waals surface area contributed by atoms with Gasteiger partial charge in [-0.15, -0.1) is 0 Å². The number of rotatable bonds is 7. The molecule has 0 saturated carbocycles. The third-order valence-corrected chi connectivity index (χ3v) is 10.6. The number of benzene rings is 2. The summed E-state index contributed by atoms with van der Waals surface area (Å²) in [4.78, 5) is 52.3. The lowest BCUT2D eigenvalue weighted by atomic mass is 9.92. The van der Waals surface area contributed by atoms with Crippen molar-refractivity contribution < 1.29 is 9.59 Å². The summed E-state index contributed by atoms with van der Waals surface area (Å²) in [5.74, 6) is -0.459. The molecule has 0 unspecified atom stereocenters. The molecule has 45 heavy (non-hydrogen) atoms. The molecule has 2 aromatic carbocycles. The minimum atomic E-state index is -0.486. The average Bonchev–Trinajstić information content (AvgIpc) is 3.39. The van der Waals surface area contributed by atoms with E-state index < -0.39 is 5.92 Å². The van der Waals surface area contributed by atoms with Gasteiger partial charge in [0.15, 0.2) is 0 Å². The van der Waals surface area contributed by atoms with Crippen molar-refractivity contribution >= 4 is 40.1 Å². The van der Waals surface area contributed by atoms with Crippen molar-refractivity contribution in [2.75, 3.05) is 65.1 Å². The van der Waals surface area contributed by atoms with Crippen LogP contribution in [0.1, 0.15) is 49.3 Å². The molecular formula is C34H46ClN7O3. The van der Waals surface area contributed by atoms with E-state index in [0.29, 0.717) is 62.2 Å². The highest BCUT2D eigenvalue weighted by atomic mass is 35.5. The fraction of sp³-hybridized carbons (Fsp3) is 0.559. The zero-order valence-corrected chi connectivity index (χ0v) is 27.3. The number of imidazole rings is 1. The summed E-state index contributed by atoms with van der Waals surface area (Å²) in [6.07, 6.45) is 4.30. The maximum absolute atomic E-state index is 14.1. The molecule has 1 aromatic heterocycles. The van der Waals surface area contributed by atoms with E-state index in [4.69, 9.17) is 17.3 Å². The fourth-order valence-corrected chi connectivity index (χ4v) is 7.84. The van der Waals surface area contributed by atoms with Crippen molar-refractivity contribution in [3.63, 3.8) is 0 Å². The molecular weight excluding hydrogens is 590 g/mol. The summed E-state index contributed by atoms with van der Waals surface area (Å²) in [6, 6.07) is 12.1. The van der Waals surface area contributed by atoms with Gasteiger partial charge < -0.3 is 25.4 Å². The lowest BCUT2D eigenvalue weighted by molar-refractivity contribution is -0.143. The van der Waals surface area contributed by atoms with E-state index in [0.717, 1.165) is 48.3 Å². The molecule has 3 N–H and O–H groups in total. The molecule has 4 heterocycles. The van der Waals surface area contributed by atoms with Crippen molar-refractivity contribution in [3.05, 3.63) is 63.0 Å². The number of hydrogen-bond acceptors (Lipinski definition) is 6. The molecule has 0 bridgehead atoms. The van der Waals surface area contributed by atoms with Crippen molar-refractivity contribution in [1.29, 1.82) is 0 Å². The summed E-state index contributed by atoms with van der Waals surface area (Å²) in [5.41, 5.74) is 10.0. The van der Waals surface area contributed by atoms with E-state index in [1.54, 1.807) is 0 Å². The molecule has 3 fully saturated rings. The quantitative estimate of drug-likeness (QED) is 0.385. The number of nitrogens with zero attached hydrogens (tertiary/aromatic N) is 5. The van der Waals surface area contributed by atoms with Gasteiger partial charge in [-0.05, 0) is 88.5 Å². The van der Waals surface area contributed by atoms with Crippen LogP contribution in [0.25, 0.3) is 11.0 Å². The number of piperazine rings is 1. The van der Waals surface area contributed by atoms with Gasteiger partial charge in [-0.3, -0.25) is 19.1 Å². The van der Waals surface area contributed by atoms with E-state index in [1.165, 1.54) is 12.8 Å². The van der Waals surface area contributed by atoms with Crippen molar-refractivity contribution in [3.8, 4) is 0 Å². The van der Waals surface area contributed by atoms with Crippen LogP contribution in [0, 0.1) is 12.8 Å². The smallest absolute Gasteiger partial charge is 0.326 e. The van der Waals surface area contributed by atoms with Gasteiger partial charge in [0.2, 0.25) is 11.8 Å². The van der Waals surface area contributed by atoms with E-state index in [-0.39, 0.29) is 30.0 Å². The number of aromatic amines is 1. The number of nitrogens with two attached hydrogens (primary N) is 1. The largest absolute Gasteiger partial charge is 0.397 e. The van der Waals surface area contributed by atoms with Crippen LogP contribution in [0.15, 0.2) is 41.2 Å². The third-order valence-electron chi connectivity index (χ3n) is 10.3. The number of nitrogen functional groups attached to an aromatic ring is 1. The van der Waals surface area contributed by atoms with Gasteiger partial charge in [-0.2, -0.15) is 0 Å². The number of fused-ring (bicyclic) bond motifs is 1. The lowest BCUT2D eigenvalue weighted by Crippen LogP contribution is -2.55. The van der Waals surface area contributed by atoms with Gasteiger partial charge in [0, 0.05) is 57.8 Å². The number of amides is 2. The molecule has 3 saturated heterocycles. The third kappa shape index (κ3) is 6.93. The zero-order chi connectivity index (χ0) is 31.7. The first-order valence-corrected chi connectivity index (χ1v) is 16.8. The number of halogens is 1. The van der Waals surface area contributed by atoms with Gasteiger partial charge in [0.05, 0.1) is 27.7 Å². The van der Waals surface area contributed by atoms with Crippen LogP contribution in [-0.2, 0) is 16.0 Å². The molecule has 10 nitrogen and oxygen atoms in total. The predicted molar refractivity (Wildman–Crippen MR) is 178 cm³/mol. The van der Waals surface area contributed by atoms with Crippen LogP contribution in [-0.4, -0.2) is 106 Å². The summed E-state index contributed by atoms with van der Waals surface area (Å²) >= 11 is 6.43. The van der Waals surface area contributed by atoms with Crippen molar-refractivity contribution in [1.82, 2.24) is 29.2 Å². The van der Waals surface area contributed by atoms with E-state index in [2.05, 4.69) is 21.8 Å². The van der Waals surface area contributed by atoms with Crippen LogP contribution in [0.3, 0.4) is 0 Å². The number of carbonyl (C=O) groups is 2. The Labute approximate surface area is 270 Å². The number of para-hydroxylation sites is 2. The second-order valence-electron chi connectivity index (χ2n) is 13.2. The molecule has 0 aliphatic carbocycles. The van der Waals surface area contributed by atoms with Gasteiger partial charge in [-0.1, -0.05) is 29.8 Å². The Balaban J connectivity index is 1.12. The highest BCUT2D eigenvalue weighted by Crippen LogP contribution is 2.29. The van der Waals surface area contributed by atoms with E-state index >= 15 is 0 Å². The number of aromatic nitrogens is 2. The number of likely N-dealkylation sites (tertiary alicyclic amines) is 2. The first-order chi connectivity index (χ1) is 21.7. The molecule has 3 aromatic rings. The lowest BCUT2D eigenvalue weighted by Gasteiger charge is -2.43. The Hall–Kier alpha value is -3.34. The number of H-pyrrole nitrogens is 1. The minimum Gasteiger partial charge on any atom is -0.397 e. The van der Waals surface area contributed by atoms with Crippen molar-refractivity contribution in [2.45, 2.75) is 57.5 Å². The van der Waals surface area contributed by atoms with Gasteiger partial charge in [0.1, 0.15) is 0 Å². The second-order valence-corrected chi connectivity index (χ2v) is 13.6. The summed E-state index contributed by atoms with van der Waals surface area (Å²) in [5, 5.41) is 0.476. The number of aryl methyl sites for hydroxylation is 1. The molecule has 0 spiro atoms. The number of carbonyl (C=O) groups excluding carboxylic acids is 2. The molecule has 0 radical (unpaired) electrons. The monoisotopic (exact) mass is 635 g/mol. The SMILES string of the molecule is Cc1cc(C[C@@H](CC(=O)N2CCC(n3c(=O)[nH]c4ccccc43)CC2)C(=O)N2CCN(C3CCN(C)CC3)CC2)cc(Cl)c1N. The predicted octanol–water partition coefficient (Wildman–Crippen LogP) is 3.52. The maximum atomic E-state index is 14.1. The molecule has 242 valence electrons.